The molecule has 0 aromatic rings. The molecule has 3 atom stereocenters. The number of hydrogen-bond acceptors (Lipinski definition) is 3. The molecule has 1 aliphatic heterocycles. The summed E-state index contributed by atoms with van der Waals surface area (Å²) in [7, 11) is 0. The van der Waals surface area contributed by atoms with Gasteiger partial charge in [-0.2, -0.15) is 5.26 Å². The Morgan fingerprint density at radius 1 is 1.50 bits per heavy atom. The fourth-order valence-corrected chi connectivity index (χ4v) is 2.38. The lowest BCUT2D eigenvalue weighted by Gasteiger charge is -2.38. The fourth-order valence-electron chi connectivity index (χ4n) is 2.38. The van der Waals surface area contributed by atoms with E-state index in [1.54, 1.807) is 0 Å². The van der Waals surface area contributed by atoms with Crippen LogP contribution >= 0.6 is 0 Å². The van der Waals surface area contributed by atoms with Gasteiger partial charge < -0.3 is 5.32 Å². The molecule has 0 saturated carbocycles. The van der Waals surface area contributed by atoms with E-state index in [9.17, 15) is 0 Å². The maximum Gasteiger partial charge on any atom is 0.108 e. The van der Waals surface area contributed by atoms with Crippen LogP contribution in [-0.2, 0) is 0 Å². The highest BCUT2D eigenvalue weighted by Gasteiger charge is 2.26. The minimum Gasteiger partial charge on any atom is -0.301 e. The smallest absolute Gasteiger partial charge is 0.108 e. The van der Waals surface area contributed by atoms with Crippen LogP contribution in [0.1, 0.15) is 40.0 Å². The van der Waals surface area contributed by atoms with Gasteiger partial charge in [0.2, 0.25) is 0 Å². The second-order valence-electron chi connectivity index (χ2n) is 4.99. The van der Waals surface area contributed by atoms with Crippen LogP contribution in [0.25, 0.3) is 0 Å². The summed E-state index contributed by atoms with van der Waals surface area (Å²) in [4.78, 5) is 2.46. The van der Waals surface area contributed by atoms with Crippen molar-refractivity contribution in [3.63, 3.8) is 0 Å². The van der Waals surface area contributed by atoms with Crippen LogP contribution in [0, 0.1) is 17.2 Å². The van der Waals surface area contributed by atoms with Crippen LogP contribution in [0.5, 0.6) is 0 Å². The standard InChI is InChI=1S/C13H25N3/c1-4-7-15-13(9-14)10-16-8-5-6-11(2)12(16)3/h11-13,15H,4-8,10H2,1-3H3. The van der Waals surface area contributed by atoms with Crippen molar-refractivity contribution >= 4 is 0 Å². The molecule has 1 aliphatic rings. The van der Waals surface area contributed by atoms with E-state index in [0.29, 0.717) is 6.04 Å². The molecule has 3 nitrogen and oxygen atoms in total. The monoisotopic (exact) mass is 223 g/mol. The fraction of sp³-hybridized carbons (Fsp3) is 0.923. The number of likely N-dealkylation sites (tertiary alicyclic amines) is 1. The zero-order valence-electron chi connectivity index (χ0n) is 10.9. The average molecular weight is 223 g/mol. The van der Waals surface area contributed by atoms with Gasteiger partial charge in [0.05, 0.1) is 6.07 Å². The topological polar surface area (TPSA) is 39.1 Å². The first-order chi connectivity index (χ1) is 7.69. The first-order valence-corrected chi connectivity index (χ1v) is 6.56. The van der Waals surface area contributed by atoms with Crippen LogP contribution in [0.3, 0.4) is 0 Å². The molecule has 1 rings (SSSR count). The van der Waals surface area contributed by atoms with E-state index in [1.165, 1.54) is 12.8 Å². The Hall–Kier alpha value is -0.590. The van der Waals surface area contributed by atoms with Gasteiger partial charge >= 0.3 is 0 Å². The number of piperidine rings is 1. The van der Waals surface area contributed by atoms with E-state index in [2.05, 4.69) is 37.1 Å². The van der Waals surface area contributed by atoms with E-state index in [-0.39, 0.29) is 6.04 Å². The summed E-state index contributed by atoms with van der Waals surface area (Å²) < 4.78 is 0. The Bertz CT molecular complexity index is 234. The third-order valence-electron chi connectivity index (χ3n) is 3.72. The van der Waals surface area contributed by atoms with Crippen molar-refractivity contribution in [2.24, 2.45) is 5.92 Å². The summed E-state index contributed by atoms with van der Waals surface area (Å²) in [5, 5.41) is 12.4. The lowest BCUT2D eigenvalue weighted by molar-refractivity contribution is 0.108. The van der Waals surface area contributed by atoms with Gasteiger partial charge in [-0.3, -0.25) is 4.90 Å². The predicted molar refractivity (Wildman–Crippen MR) is 67.1 cm³/mol. The third kappa shape index (κ3) is 3.77. The molecule has 1 saturated heterocycles. The molecule has 0 radical (unpaired) electrons. The van der Waals surface area contributed by atoms with Crippen LogP contribution in [-0.4, -0.2) is 36.6 Å². The summed E-state index contributed by atoms with van der Waals surface area (Å²) >= 11 is 0. The summed E-state index contributed by atoms with van der Waals surface area (Å²) in [5.41, 5.74) is 0. The van der Waals surface area contributed by atoms with Gasteiger partial charge in [0, 0.05) is 12.6 Å². The predicted octanol–water partition coefficient (Wildman–Crippen LogP) is 2.00. The summed E-state index contributed by atoms with van der Waals surface area (Å²) in [5.74, 6) is 0.763. The van der Waals surface area contributed by atoms with Crippen LogP contribution in [0.2, 0.25) is 0 Å². The Labute approximate surface area is 99.8 Å². The third-order valence-corrected chi connectivity index (χ3v) is 3.72. The molecule has 1 fully saturated rings. The zero-order valence-corrected chi connectivity index (χ0v) is 10.9. The van der Waals surface area contributed by atoms with E-state index in [1.807, 2.05) is 0 Å². The minimum atomic E-state index is -0.00676. The molecule has 0 amide bonds. The summed E-state index contributed by atoms with van der Waals surface area (Å²) in [6, 6.07) is 2.98. The highest BCUT2D eigenvalue weighted by atomic mass is 15.2. The van der Waals surface area contributed by atoms with E-state index >= 15 is 0 Å². The highest BCUT2D eigenvalue weighted by molar-refractivity contribution is 4.94. The van der Waals surface area contributed by atoms with Crippen LogP contribution < -0.4 is 5.32 Å². The van der Waals surface area contributed by atoms with Gasteiger partial charge in [0.1, 0.15) is 6.04 Å². The molecule has 0 aliphatic carbocycles. The molecule has 0 aromatic heterocycles. The minimum absolute atomic E-state index is 0.00676. The molecule has 3 unspecified atom stereocenters. The molecule has 1 N–H and O–H groups in total. The van der Waals surface area contributed by atoms with Gasteiger partial charge in [0.15, 0.2) is 0 Å². The van der Waals surface area contributed by atoms with Gasteiger partial charge in [-0.15, -0.1) is 0 Å². The van der Waals surface area contributed by atoms with Crippen LogP contribution in [0.4, 0.5) is 0 Å². The Balaban J connectivity index is 2.41. The Morgan fingerprint density at radius 2 is 2.25 bits per heavy atom. The van der Waals surface area contributed by atoms with Gasteiger partial charge in [-0.05, 0) is 45.2 Å². The molecule has 0 bridgehead atoms. The van der Waals surface area contributed by atoms with Gasteiger partial charge in [-0.25, -0.2) is 0 Å². The largest absolute Gasteiger partial charge is 0.301 e. The maximum absolute atomic E-state index is 9.10. The highest BCUT2D eigenvalue weighted by Crippen LogP contribution is 2.22. The molecule has 16 heavy (non-hydrogen) atoms. The van der Waals surface area contributed by atoms with Crippen molar-refractivity contribution in [3.05, 3.63) is 0 Å². The molecule has 1 heterocycles. The number of hydrogen-bond donors (Lipinski definition) is 1. The quantitative estimate of drug-likeness (QED) is 0.775. The first kappa shape index (κ1) is 13.5. The molecule has 3 heteroatoms. The maximum atomic E-state index is 9.10. The zero-order chi connectivity index (χ0) is 12.0. The lowest BCUT2D eigenvalue weighted by Crippen LogP contribution is -2.48. The molecule has 92 valence electrons. The van der Waals surface area contributed by atoms with E-state index in [0.717, 1.165) is 32.0 Å². The van der Waals surface area contributed by atoms with Crippen molar-refractivity contribution < 1.29 is 0 Å². The molecular weight excluding hydrogens is 198 g/mol. The van der Waals surface area contributed by atoms with Crippen molar-refractivity contribution in [2.45, 2.75) is 52.1 Å². The van der Waals surface area contributed by atoms with Crippen molar-refractivity contribution in [1.82, 2.24) is 10.2 Å². The number of nitrogens with zero attached hydrogens (tertiary/aromatic N) is 2. The van der Waals surface area contributed by atoms with Gasteiger partial charge in [-0.1, -0.05) is 13.8 Å². The number of nitriles is 1. The van der Waals surface area contributed by atoms with E-state index in [4.69, 9.17) is 5.26 Å². The molecular formula is C13H25N3. The van der Waals surface area contributed by atoms with Crippen molar-refractivity contribution in [3.8, 4) is 6.07 Å². The number of rotatable bonds is 5. The summed E-state index contributed by atoms with van der Waals surface area (Å²) in [6.45, 7) is 9.71. The van der Waals surface area contributed by atoms with Gasteiger partial charge in [0.25, 0.3) is 0 Å². The summed E-state index contributed by atoms with van der Waals surface area (Å²) in [6.07, 6.45) is 3.69. The van der Waals surface area contributed by atoms with Crippen LogP contribution in [0.15, 0.2) is 0 Å². The van der Waals surface area contributed by atoms with E-state index < -0.39 is 0 Å². The molecule has 0 aromatic carbocycles. The first-order valence-electron chi connectivity index (χ1n) is 6.56. The Kier molecular flexibility index (Phi) is 5.79. The average Bonchev–Trinajstić information content (AvgIpc) is 2.30. The second-order valence-corrected chi connectivity index (χ2v) is 4.99. The Morgan fingerprint density at radius 3 is 2.88 bits per heavy atom. The second kappa shape index (κ2) is 6.88. The van der Waals surface area contributed by atoms with Crippen molar-refractivity contribution in [2.75, 3.05) is 19.6 Å². The number of nitrogens with one attached hydrogen (secondary N) is 1. The van der Waals surface area contributed by atoms with Crippen molar-refractivity contribution in [1.29, 1.82) is 5.26 Å². The molecule has 0 spiro atoms. The lowest BCUT2D eigenvalue weighted by atomic mass is 9.92. The normalized spacial score (nSPS) is 28.6. The SMILES string of the molecule is CCCNC(C#N)CN1CCCC(C)C1C.